The molecule has 1 saturated heterocycles. The lowest BCUT2D eigenvalue weighted by atomic mass is 9.74. The summed E-state index contributed by atoms with van der Waals surface area (Å²) < 4.78 is 0. The summed E-state index contributed by atoms with van der Waals surface area (Å²) in [7, 11) is 0. The quantitative estimate of drug-likeness (QED) is 0.850. The van der Waals surface area contributed by atoms with Crippen molar-refractivity contribution in [3.05, 3.63) is 41.6 Å². The summed E-state index contributed by atoms with van der Waals surface area (Å²) in [5.41, 5.74) is 1.95. The van der Waals surface area contributed by atoms with E-state index in [2.05, 4.69) is 0 Å². The average Bonchev–Trinajstić information content (AvgIpc) is 3.54. The van der Waals surface area contributed by atoms with Gasteiger partial charge in [0.15, 0.2) is 0 Å². The van der Waals surface area contributed by atoms with Gasteiger partial charge in [0, 0.05) is 35.5 Å². The van der Waals surface area contributed by atoms with Crippen LogP contribution in [-0.4, -0.2) is 51.8 Å². The summed E-state index contributed by atoms with van der Waals surface area (Å²) >= 11 is 0. The topological polar surface area (TPSA) is 73.7 Å². The van der Waals surface area contributed by atoms with Crippen molar-refractivity contribution < 1.29 is 15.0 Å². The molecule has 5 heteroatoms. The highest BCUT2D eigenvalue weighted by Crippen LogP contribution is 2.41. The molecule has 1 aromatic heterocycles. The van der Waals surface area contributed by atoms with Gasteiger partial charge in [-0.1, -0.05) is 31.5 Å². The van der Waals surface area contributed by atoms with Crippen molar-refractivity contribution in [2.24, 2.45) is 5.41 Å². The fraction of sp³-hybridized carbons (Fsp3) is 0.545. The predicted octanol–water partition coefficient (Wildman–Crippen LogP) is 3.10. The standard InChI is InChI=1S/C22H28N2O3/c1-2-10-22(14-25)13-24(11-9-20(22)26)21(27)17-12-19(15-7-8-15)23-18-6-4-3-5-16(17)18/h3-6,12,15,20,25-26H,2,7-11,13-14H2,1H3/t20-,22+/m1/s1. The molecule has 0 spiro atoms. The highest BCUT2D eigenvalue weighted by atomic mass is 16.3. The Bertz CT molecular complexity index is 849. The number of likely N-dealkylation sites (tertiary alicyclic amines) is 1. The van der Waals surface area contributed by atoms with Gasteiger partial charge in [0.1, 0.15) is 0 Å². The summed E-state index contributed by atoms with van der Waals surface area (Å²) in [6.45, 7) is 2.85. The Morgan fingerprint density at radius 3 is 2.78 bits per heavy atom. The highest BCUT2D eigenvalue weighted by molar-refractivity contribution is 6.06. The molecule has 0 radical (unpaired) electrons. The minimum Gasteiger partial charge on any atom is -0.396 e. The van der Waals surface area contributed by atoms with Crippen molar-refractivity contribution in [3.8, 4) is 0 Å². The van der Waals surface area contributed by atoms with E-state index in [1.54, 1.807) is 0 Å². The maximum atomic E-state index is 13.5. The van der Waals surface area contributed by atoms with Crippen LogP contribution in [0, 0.1) is 5.41 Å². The number of aliphatic hydroxyl groups is 2. The molecule has 2 aromatic rings. The Hall–Kier alpha value is -1.98. The second-order valence-electron chi connectivity index (χ2n) is 8.19. The Kier molecular flexibility index (Phi) is 4.91. The summed E-state index contributed by atoms with van der Waals surface area (Å²) in [6.07, 6.45) is 3.79. The van der Waals surface area contributed by atoms with E-state index in [1.165, 1.54) is 0 Å². The third kappa shape index (κ3) is 3.34. The number of hydrogen-bond acceptors (Lipinski definition) is 4. The van der Waals surface area contributed by atoms with Gasteiger partial charge in [-0.05, 0) is 37.8 Å². The number of carbonyl (C=O) groups excluding carboxylic acids is 1. The van der Waals surface area contributed by atoms with Crippen molar-refractivity contribution in [1.29, 1.82) is 0 Å². The van der Waals surface area contributed by atoms with Crippen LogP contribution in [0.25, 0.3) is 10.9 Å². The van der Waals surface area contributed by atoms with Crippen LogP contribution >= 0.6 is 0 Å². The minimum absolute atomic E-state index is 0.0173. The SMILES string of the molecule is CCC[C@@]1(CO)CN(C(=O)c2cc(C3CC3)nc3ccccc23)CC[C@H]1O. The lowest BCUT2D eigenvalue weighted by Gasteiger charge is -2.45. The van der Waals surface area contributed by atoms with Gasteiger partial charge < -0.3 is 15.1 Å². The van der Waals surface area contributed by atoms with E-state index in [0.717, 1.165) is 35.9 Å². The van der Waals surface area contributed by atoms with Crippen molar-refractivity contribution in [1.82, 2.24) is 9.88 Å². The van der Waals surface area contributed by atoms with Crippen LogP contribution in [0.15, 0.2) is 30.3 Å². The number of carbonyl (C=O) groups is 1. The predicted molar refractivity (Wildman–Crippen MR) is 105 cm³/mol. The molecule has 2 N–H and O–H groups in total. The van der Waals surface area contributed by atoms with E-state index < -0.39 is 11.5 Å². The normalized spacial score (nSPS) is 25.7. The molecule has 1 saturated carbocycles. The van der Waals surface area contributed by atoms with Crippen molar-refractivity contribution >= 4 is 16.8 Å². The molecule has 4 rings (SSSR count). The molecule has 2 aliphatic rings. The number of piperidine rings is 1. The Morgan fingerprint density at radius 2 is 2.07 bits per heavy atom. The Balaban J connectivity index is 1.70. The maximum absolute atomic E-state index is 13.5. The number of benzene rings is 1. The second-order valence-corrected chi connectivity index (χ2v) is 8.19. The Labute approximate surface area is 160 Å². The van der Waals surface area contributed by atoms with E-state index in [1.807, 2.05) is 42.2 Å². The first-order valence-electron chi connectivity index (χ1n) is 10.1. The van der Waals surface area contributed by atoms with Gasteiger partial charge in [0.25, 0.3) is 5.91 Å². The summed E-state index contributed by atoms with van der Waals surface area (Å²) in [4.78, 5) is 20.0. The van der Waals surface area contributed by atoms with E-state index in [4.69, 9.17) is 4.98 Å². The number of rotatable bonds is 5. The zero-order valence-corrected chi connectivity index (χ0v) is 15.9. The molecule has 0 unspecified atom stereocenters. The third-order valence-electron chi connectivity index (χ3n) is 6.20. The number of amides is 1. The van der Waals surface area contributed by atoms with Crippen molar-refractivity contribution in [2.45, 2.75) is 51.0 Å². The summed E-state index contributed by atoms with van der Waals surface area (Å²) in [5.74, 6) is 0.456. The van der Waals surface area contributed by atoms with Crippen LogP contribution in [0.2, 0.25) is 0 Å². The summed E-state index contributed by atoms with van der Waals surface area (Å²) in [6, 6.07) is 9.78. The van der Waals surface area contributed by atoms with Gasteiger partial charge in [-0.3, -0.25) is 9.78 Å². The zero-order valence-electron chi connectivity index (χ0n) is 15.9. The first-order valence-corrected chi connectivity index (χ1v) is 10.1. The molecule has 2 heterocycles. The molecule has 1 amide bonds. The number of hydrogen-bond donors (Lipinski definition) is 2. The van der Waals surface area contributed by atoms with E-state index in [9.17, 15) is 15.0 Å². The van der Waals surface area contributed by atoms with Crippen molar-refractivity contribution in [3.63, 3.8) is 0 Å². The molecular formula is C22H28N2O3. The van der Waals surface area contributed by atoms with Crippen LogP contribution in [0.5, 0.6) is 0 Å². The highest BCUT2D eigenvalue weighted by Gasteiger charge is 2.43. The van der Waals surface area contributed by atoms with Gasteiger partial charge in [-0.2, -0.15) is 0 Å². The van der Waals surface area contributed by atoms with Crippen LogP contribution in [0.3, 0.4) is 0 Å². The molecule has 1 aliphatic heterocycles. The van der Waals surface area contributed by atoms with Crippen LogP contribution in [0.1, 0.15) is 61.0 Å². The van der Waals surface area contributed by atoms with E-state index in [-0.39, 0.29) is 12.5 Å². The maximum Gasteiger partial charge on any atom is 0.254 e. The van der Waals surface area contributed by atoms with Gasteiger partial charge in [-0.15, -0.1) is 0 Å². The van der Waals surface area contributed by atoms with Gasteiger partial charge >= 0.3 is 0 Å². The lowest BCUT2D eigenvalue weighted by molar-refractivity contribution is -0.0719. The number of nitrogens with zero attached hydrogens (tertiary/aromatic N) is 2. The monoisotopic (exact) mass is 368 g/mol. The van der Waals surface area contributed by atoms with Gasteiger partial charge in [0.2, 0.25) is 0 Å². The zero-order chi connectivity index (χ0) is 19.0. The fourth-order valence-electron chi connectivity index (χ4n) is 4.43. The number of fused-ring (bicyclic) bond motifs is 1. The molecule has 0 bridgehead atoms. The van der Waals surface area contributed by atoms with Gasteiger partial charge in [-0.25, -0.2) is 0 Å². The van der Waals surface area contributed by atoms with E-state index >= 15 is 0 Å². The van der Waals surface area contributed by atoms with Crippen molar-refractivity contribution in [2.75, 3.05) is 19.7 Å². The van der Waals surface area contributed by atoms with Crippen LogP contribution < -0.4 is 0 Å². The first kappa shape index (κ1) is 18.4. The molecule has 1 aliphatic carbocycles. The molecule has 2 atom stereocenters. The number of aromatic nitrogens is 1. The molecule has 5 nitrogen and oxygen atoms in total. The van der Waals surface area contributed by atoms with E-state index in [0.29, 0.717) is 37.4 Å². The van der Waals surface area contributed by atoms with Gasteiger partial charge in [0.05, 0.1) is 23.8 Å². The number of aliphatic hydroxyl groups excluding tert-OH is 2. The average molecular weight is 368 g/mol. The minimum atomic E-state index is -0.620. The first-order chi connectivity index (χ1) is 13.1. The van der Waals surface area contributed by atoms with Crippen LogP contribution in [-0.2, 0) is 0 Å². The molecule has 1 aromatic carbocycles. The lowest BCUT2D eigenvalue weighted by Crippen LogP contribution is -2.55. The molecule has 144 valence electrons. The fourth-order valence-corrected chi connectivity index (χ4v) is 4.43. The second kappa shape index (κ2) is 7.21. The number of pyridine rings is 1. The Morgan fingerprint density at radius 1 is 1.30 bits per heavy atom. The summed E-state index contributed by atoms with van der Waals surface area (Å²) in [5, 5.41) is 21.4. The van der Waals surface area contributed by atoms with Crippen LogP contribution in [0.4, 0.5) is 0 Å². The molecule has 27 heavy (non-hydrogen) atoms. The third-order valence-corrected chi connectivity index (χ3v) is 6.20. The largest absolute Gasteiger partial charge is 0.396 e. The number of para-hydroxylation sites is 1. The smallest absolute Gasteiger partial charge is 0.254 e. The molecular weight excluding hydrogens is 340 g/mol. The molecule has 2 fully saturated rings.